The van der Waals surface area contributed by atoms with Gasteiger partial charge in [0, 0.05) is 0 Å². The summed E-state index contributed by atoms with van der Waals surface area (Å²) in [6, 6.07) is 9.34. The molecule has 1 aromatic rings. The molecular formula is C12H15NO2S. The van der Waals surface area contributed by atoms with Crippen molar-refractivity contribution < 1.29 is 8.42 Å². The average Bonchev–Trinajstić information content (AvgIpc) is 2.20. The molecule has 1 rings (SSSR count). The number of nitrogens with zero attached hydrogens (tertiary/aromatic N) is 1. The number of rotatable bonds is 4. The van der Waals surface area contributed by atoms with Crippen LogP contribution in [0.3, 0.4) is 0 Å². The molecule has 16 heavy (non-hydrogen) atoms. The molecule has 3 nitrogen and oxygen atoms in total. The van der Waals surface area contributed by atoms with Gasteiger partial charge in [-0.1, -0.05) is 24.3 Å². The van der Waals surface area contributed by atoms with Gasteiger partial charge in [0.25, 0.3) is 0 Å². The lowest BCUT2D eigenvalue weighted by Gasteiger charge is -2.07. The molecule has 86 valence electrons. The molecule has 1 unspecified atom stereocenters. The molecule has 0 saturated carbocycles. The van der Waals surface area contributed by atoms with Crippen LogP contribution in [0.25, 0.3) is 0 Å². The standard InChI is InChI=1S/C12H15NO2S/c1-10(7-13)8-16(14,15)9-12-6-4-3-5-11(12)2/h3-6,10H,8-9H2,1-2H3. The fraction of sp³-hybridized carbons (Fsp3) is 0.417. The molecule has 0 spiro atoms. The Hall–Kier alpha value is -1.34. The molecule has 4 heteroatoms. The molecule has 0 aromatic heterocycles. The van der Waals surface area contributed by atoms with Crippen molar-refractivity contribution in [2.45, 2.75) is 19.6 Å². The summed E-state index contributed by atoms with van der Waals surface area (Å²) >= 11 is 0. The third kappa shape index (κ3) is 3.67. The van der Waals surface area contributed by atoms with E-state index in [1.165, 1.54) is 0 Å². The van der Waals surface area contributed by atoms with Crippen LogP contribution in [-0.2, 0) is 15.6 Å². The number of hydrogen-bond donors (Lipinski definition) is 0. The van der Waals surface area contributed by atoms with Crippen molar-refractivity contribution in [1.82, 2.24) is 0 Å². The van der Waals surface area contributed by atoms with Crippen molar-refractivity contribution in [3.05, 3.63) is 35.4 Å². The van der Waals surface area contributed by atoms with E-state index in [1.807, 2.05) is 37.3 Å². The van der Waals surface area contributed by atoms with E-state index in [4.69, 9.17) is 5.26 Å². The molecule has 0 fully saturated rings. The van der Waals surface area contributed by atoms with Crippen LogP contribution in [0.4, 0.5) is 0 Å². The maximum Gasteiger partial charge on any atom is 0.155 e. The van der Waals surface area contributed by atoms with E-state index < -0.39 is 15.8 Å². The summed E-state index contributed by atoms with van der Waals surface area (Å²) in [7, 11) is -3.19. The van der Waals surface area contributed by atoms with Gasteiger partial charge in [0.2, 0.25) is 0 Å². The smallest absolute Gasteiger partial charge is 0.155 e. The first kappa shape index (κ1) is 12.7. The second-order valence-electron chi connectivity index (χ2n) is 4.01. The first-order valence-electron chi connectivity index (χ1n) is 5.09. The number of nitriles is 1. The summed E-state index contributed by atoms with van der Waals surface area (Å²) in [6.07, 6.45) is 0. The van der Waals surface area contributed by atoms with Crippen molar-refractivity contribution in [1.29, 1.82) is 5.26 Å². The van der Waals surface area contributed by atoms with E-state index in [0.717, 1.165) is 11.1 Å². The van der Waals surface area contributed by atoms with Crippen molar-refractivity contribution in [3.63, 3.8) is 0 Å². The van der Waals surface area contributed by atoms with Crippen LogP contribution in [-0.4, -0.2) is 14.2 Å². The molecule has 0 radical (unpaired) electrons. The highest BCUT2D eigenvalue weighted by atomic mass is 32.2. The minimum atomic E-state index is -3.19. The molecule has 0 amide bonds. The van der Waals surface area contributed by atoms with Gasteiger partial charge < -0.3 is 0 Å². The SMILES string of the molecule is Cc1ccccc1CS(=O)(=O)CC(C)C#N. The third-order valence-corrected chi connectivity index (χ3v) is 4.12. The monoisotopic (exact) mass is 237 g/mol. The molecular weight excluding hydrogens is 222 g/mol. The van der Waals surface area contributed by atoms with Crippen LogP contribution in [0, 0.1) is 24.2 Å². The molecule has 0 bridgehead atoms. The van der Waals surface area contributed by atoms with Crippen LogP contribution in [0.15, 0.2) is 24.3 Å². The molecule has 0 heterocycles. The molecule has 0 N–H and O–H groups in total. The minimum absolute atomic E-state index is 0.0195. The quantitative estimate of drug-likeness (QED) is 0.805. The van der Waals surface area contributed by atoms with Crippen LogP contribution in [0.2, 0.25) is 0 Å². The highest BCUT2D eigenvalue weighted by Crippen LogP contribution is 2.13. The summed E-state index contributed by atoms with van der Waals surface area (Å²) in [5.74, 6) is -0.502. The van der Waals surface area contributed by atoms with Gasteiger partial charge in [0.1, 0.15) is 0 Å². The average molecular weight is 237 g/mol. The molecule has 1 atom stereocenters. The molecule has 0 aliphatic rings. The van der Waals surface area contributed by atoms with Gasteiger partial charge in [-0.05, 0) is 25.0 Å². The third-order valence-electron chi connectivity index (χ3n) is 2.36. The Labute approximate surface area is 96.6 Å². The van der Waals surface area contributed by atoms with Crippen molar-refractivity contribution in [2.75, 3.05) is 5.75 Å². The van der Waals surface area contributed by atoms with E-state index in [0.29, 0.717) is 0 Å². The lowest BCUT2D eigenvalue weighted by atomic mass is 10.1. The van der Waals surface area contributed by atoms with Crippen LogP contribution < -0.4 is 0 Å². The van der Waals surface area contributed by atoms with Gasteiger partial charge in [-0.3, -0.25) is 0 Å². The number of benzene rings is 1. The van der Waals surface area contributed by atoms with Crippen molar-refractivity contribution >= 4 is 9.84 Å². The maximum absolute atomic E-state index is 11.8. The number of aryl methyl sites for hydroxylation is 1. The first-order chi connectivity index (χ1) is 7.44. The second kappa shape index (κ2) is 5.13. The van der Waals surface area contributed by atoms with Crippen molar-refractivity contribution in [2.24, 2.45) is 5.92 Å². The zero-order chi connectivity index (χ0) is 12.2. The van der Waals surface area contributed by atoms with E-state index in [2.05, 4.69) is 0 Å². The summed E-state index contributed by atoms with van der Waals surface area (Å²) in [5, 5.41) is 8.60. The second-order valence-corrected chi connectivity index (χ2v) is 6.12. The molecule has 1 aromatic carbocycles. The fourth-order valence-corrected chi connectivity index (χ4v) is 3.24. The van der Waals surface area contributed by atoms with Gasteiger partial charge >= 0.3 is 0 Å². The van der Waals surface area contributed by atoms with Crippen LogP contribution in [0.1, 0.15) is 18.1 Å². The van der Waals surface area contributed by atoms with E-state index >= 15 is 0 Å². The Kier molecular flexibility index (Phi) is 4.08. The van der Waals surface area contributed by atoms with Gasteiger partial charge in [0.15, 0.2) is 9.84 Å². The molecule has 0 aliphatic heterocycles. The topological polar surface area (TPSA) is 57.9 Å². The zero-order valence-electron chi connectivity index (χ0n) is 9.47. The van der Waals surface area contributed by atoms with Crippen molar-refractivity contribution in [3.8, 4) is 6.07 Å². The Bertz CT molecular complexity index is 500. The minimum Gasteiger partial charge on any atom is -0.228 e. The summed E-state index contributed by atoms with van der Waals surface area (Å²) in [6.45, 7) is 3.51. The Morgan fingerprint density at radius 2 is 2.00 bits per heavy atom. The summed E-state index contributed by atoms with van der Waals surface area (Å²) in [4.78, 5) is 0. The van der Waals surface area contributed by atoms with Gasteiger partial charge in [-0.25, -0.2) is 8.42 Å². The van der Waals surface area contributed by atoms with Gasteiger partial charge in [0.05, 0.1) is 23.5 Å². The summed E-state index contributed by atoms with van der Waals surface area (Å²) < 4.78 is 23.5. The maximum atomic E-state index is 11.8. The van der Waals surface area contributed by atoms with Crippen LogP contribution in [0.5, 0.6) is 0 Å². The van der Waals surface area contributed by atoms with E-state index in [1.54, 1.807) is 6.92 Å². The summed E-state index contributed by atoms with van der Waals surface area (Å²) in [5.41, 5.74) is 1.78. The Balaban J connectivity index is 2.82. The largest absolute Gasteiger partial charge is 0.228 e. The van der Waals surface area contributed by atoms with Gasteiger partial charge in [-0.15, -0.1) is 0 Å². The Morgan fingerprint density at radius 1 is 1.38 bits per heavy atom. The van der Waals surface area contributed by atoms with Crippen LogP contribution >= 0.6 is 0 Å². The highest BCUT2D eigenvalue weighted by molar-refractivity contribution is 7.90. The van der Waals surface area contributed by atoms with E-state index in [-0.39, 0.29) is 11.5 Å². The first-order valence-corrected chi connectivity index (χ1v) is 6.91. The predicted octanol–water partition coefficient (Wildman–Crippen LogP) is 2.07. The fourth-order valence-electron chi connectivity index (χ4n) is 1.49. The zero-order valence-corrected chi connectivity index (χ0v) is 10.3. The normalized spacial score (nSPS) is 13.1. The number of sulfone groups is 1. The molecule has 0 aliphatic carbocycles. The predicted molar refractivity (Wildman–Crippen MR) is 63.4 cm³/mol. The van der Waals surface area contributed by atoms with E-state index in [9.17, 15) is 8.42 Å². The number of hydrogen-bond acceptors (Lipinski definition) is 3. The Morgan fingerprint density at radius 3 is 2.56 bits per heavy atom. The van der Waals surface area contributed by atoms with Gasteiger partial charge in [-0.2, -0.15) is 5.26 Å². The lowest BCUT2D eigenvalue weighted by molar-refractivity contribution is 0.588. The highest BCUT2D eigenvalue weighted by Gasteiger charge is 2.16. The molecule has 0 saturated heterocycles. The lowest BCUT2D eigenvalue weighted by Crippen LogP contribution is -2.15.